The number of Topliss-reactive ketones (excluding diaryl/α,β-unsaturated/α-hetero) is 1. The van der Waals surface area contributed by atoms with Crippen LogP contribution in [0.1, 0.15) is 17.3 Å². The number of rotatable bonds is 6. The smallest absolute Gasteiger partial charge is 0.235 e. The molecular weight excluding hydrogens is 430 g/mol. The maximum absolute atomic E-state index is 13.2. The fourth-order valence-electron chi connectivity index (χ4n) is 3.24. The van der Waals surface area contributed by atoms with Crippen LogP contribution in [0.5, 0.6) is 5.75 Å². The summed E-state index contributed by atoms with van der Waals surface area (Å²) in [7, 11) is 0. The van der Waals surface area contributed by atoms with Gasteiger partial charge in [-0.05, 0) is 48.5 Å². The van der Waals surface area contributed by atoms with Crippen LogP contribution in [0.2, 0.25) is 5.02 Å². The summed E-state index contributed by atoms with van der Waals surface area (Å²) in [5, 5.41) is 3.36. The third-order valence-corrected chi connectivity index (χ3v) is 5.08. The molecule has 1 heterocycles. The first-order valence-corrected chi connectivity index (χ1v) is 10.2. The molecule has 0 unspecified atom stereocenters. The van der Waals surface area contributed by atoms with Crippen molar-refractivity contribution in [2.75, 3.05) is 11.9 Å². The second kappa shape index (κ2) is 9.08. The summed E-state index contributed by atoms with van der Waals surface area (Å²) < 4.78 is 11.7. The summed E-state index contributed by atoms with van der Waals surface area (Å²) >= 11 is 6.33. The van der Waals surface area contributed by atoms with E-state index in [0.717, 1.165) is 0 Å². The third kappa shape index (κ3) is 4.40. The van der Waals surface area contributed by atoms with E-state index in [1.807, 2.05) is 0 Å². The van der Waals surface area contributed by atoms with Gasteiger partial charge in [-0.1, -0.05) is 35.9 Å². The number of carbonyl (C=O) groups is 2. The zero-order chi connectivity index (χ0) is 22.7. The topological polar surface area (TPSA) is 85.6 Å². The Morgan fingerprint density at radius 3 is 2.38 bits per heavy atom. The summed E-state index contributed by atoms with van der Waals surface area (Å²) in [5.74, 6) is -0.465. The molecule has 0 aliphatic heterocycles. The van der Waals surface area contributed by atoms with Crippen LogP contribution in [0.3, 0.4) is 0 Å². The normalized spacial score (nSPS) is 10.7. The molecule has 3 aromatic carbocycles. The first kappa shape index (κ1) is 21.3. The second-order valence-electron chi connectivity index (χ2n) is 7.04. The highest BCUT2D eigenvalue weighted by Crippen LogP contribution is 2.35. The molecule has 0 bridgehead atoms. The molecule has 0 aliphatic rings. The van der Waals surface area contributed by atoms with Gasteiger partial charge in [0.2, 0.25) is 17.1 Å². The van der Waals surface area contributed by atoms with Crippen molar-refractivity contribution >= 4 is 39.9 Å². The number of carbonyl (C=O) groups excluding carboxylic acids is 2. The van der Waals surface area contributed by atoms with E-state index in [2.05, 4.69) is 5.32 Å². The lowest BCUT2D eigenvalue weighted by molar-refractivity contribution is -0.114. The average molecular weight is 448 g/mol. The highest BCUT2D eigenvalue weighted by atomic mass is 35.5. The Balaban J connectivity index is 1.68. The lowest BCUT2D eigenvalue weighted by Gasteiger charge is -2.12. The molecule has 32 heavy (non-hydrogen) atoms. The van der Waals surface area contributed by atoms with Crippen LogP contribution in [0.25, 0.3) is 22.3 Å². The molecule has 0 atom stereocenters. The van der Waals surface area contributed by atoms with E-state index < -0.39 is 5.43 Å². The number of hydrogen-bond donors (Lipinski definition) is 1. The van der Waals surface area contributed by atoms with Gasteiger partial charge in [0.05, 0.1) is 10.4 Å². The highest BCUT2D eigenvalue weighted by molar-refractivity contribution is 6.33. The van der Waals surface area contributed by atoms with E-state index in [1.165, 1.54) is 6.92 Å². The number of amides is 1. The zero-order valence-electron chi connectivity index (χ0n) is 17.1. The van der Waals surface area contributed by atoms with Crippen LogP contribution < -0.4 is 15.5 Å². The molecule has 7 heteroatoms. The Morgan fingerprint density at radius 1 is 0.969 bits per heavy atom. The number of nitrogens with one attached hydrogen (secondary N) is 1. The maximum Gasteiger partial charge on any atom is 0.235 e. The van der Waals surface area contributed by atoms with Gasteiger partial charge in [0.15, 0.2) is 18.2 Å². The van der Waals surface area contributed by atoms with E-state index >= 15 is 0 Å². The monoisotopic (exact) mass is 447 g/mol. The van der Waals surface area contributed by atoms with Gasteiger partial charge >= 0.3 is 0 Å². The van der Waals surface area contributed by atoms with Crippen molar-refractivity contribution in [3.63, 3.8) is 0 Å². The van der Waals surface area contributed by atoms with Crippen LogP contribution >= 0.6 is 11.6 Å². The molecule has 0 saturated carbocycles. The number of ketones is 1. The fourth-order valence-corrected chi connectivity index (χ4v) is 3.46. The number of ether oxygens (including phenoxy) is 1. The van der Waals surface area contributed by atoms with Gasteiger partial charge in [0, 0.05) is 23.7 Å². The zero-order valence-corrected chi connectivity index (χ0v) is 17.8. The number of para-hydroxylation sites is 1. The third-order valence-electron chi connectivity index (χ3n) is 4.75. The molecular formula is C25H18ClNO5. The Kier molecular flexibility index (Phi) is 6.05. The van der Waals surface area contributed by atoms with Gasteiger partial charge in [-0.3, -0.25) is 14.4 Å². The van der Waals surface area contributed by atoms with Crippen LogP contribution in [-0.2, 0) is 4.79 Å². The Hall–Kier alpha value is -3.90. The summed E-state index contributed by atoms with van der Waals surface area (Å²) in [5.41, 5.74) is 1.43. The van der Waals surface area contributed by atoms with E-state index in [4.69, 9.17) is 20.8 Å². The summed E-state index contributed by atoms with van der Waals surface area (Å²) in [4.78, 5) is 37.0. The molecule has 4 rings (SSSR count). The molecule has 1 amide bonds. The van der Waals surface area contributed by atoms with Crippen molar-refractivity contribution in [2.24, 2.45) is 0 Å². The first-order valence-electron chi connectivity index (χ1n) is 9.78. The molecule has 0 saturated heterocycles. The second-order valence-corrected chi connectivity index (χ2v) is 7.44. The van der Waals surface area contributed by atoms with Gasteiger partial charge < -0.3 is 14.5 Å². The van der Waals surface area contributed by atoms with Gasteiger partial charge in [-0.2, -0.15) is 0 Å². The summed E-state index contributed by atoms with van der Waals surface area (Å²) in [6.45, 7) is 1.03. The Labute approximate surface area is 188 Å². The number of hydrogen-bond acceptors (Lipinski definition) is 5. The van der Waals surface area contributed by atoms with Gasteiger partial charge in [0.1, 0.15) is 5.58 Å². The van der Waals surface area contributed by atoms with Crippen molar-refractivity contribution in [2.45, 2.75) is 6.92 Å². The molecule has 0 spiro atoms. The number of benzene rings is 3. The van der Waals surface area contributed by atoms with E-state index in [0.29, 0.717) is 32.8 Å². The van der Waals surface area contributed by atoms with Crippen molar-refractivity contribution in [3.05, 3.63) is 93.6 Å². The van der Waals surface area contributed by atoms with Crippen molar-refractivity contribution in [3.8, 4) is 17.1 Å². The minimum Gasteiger partial charge on any atom is -0.478 e. The largest absolute Gasteiger partial charge is 0.478 e. The predicted molar refractivity (Wildman–Crippen MR) is 124 cm³/mol. The van der Waals surface area contributed by atoms with Crippen molar-refractivity contribution < 1.29 is 18.7 Å². The molecule has 0 radical (unpaired) electrons. The number of anilines is 1. The average Bonchev–Trinajstić information content (AvgIpc) is 2.79. The molecule has 0 aliphatic carbocycles. The Morgan fingerprint density at radius 2 is 1.66 bits per heavy atom. The fraction of sp³-hybridized carbons (Fsp3) is 0.0800. The maximum atomic E-state index is 13.2. The molecule has 1 aromatic heterocycles. The highest BCUT2D eigenvalue weighted by Gasteiger charge is 2.20. The minimum atomic E-state index is -0.393. The summed E-state index contributed by atoms with van der Waals surface area (Å²) in [6.07, 6.45) is 0. The molecule has 0 fully saturated rings. The molecule has 1 N–H and O–H groups in total. The van der Waals surface area contributed by atoms with Gasteiger partial charge in [0.25, 0.3) is 0 Å². The molecule has 4 aromatic rings. The number of halogens is 1. The number of fused-ring (bicyclic) bond motifs is 1. The lowest BCUT2D eigenvalue weighted by atomic mass is 10.1. The molecule has 6 nitrogen and oxygen atoms in total. The van der Waals surface area contributed by atoms with Crippen LogP contribution in [0.4, 0.5) is 5.69 Å². The molecule has 160 valence electrons. The van der Waals surface area contributed by atoms with Crippen LogP contribution in [0.15, 0.2) is 82.0 Å². The first-order chi connectivity index (χ1) is 15.4. The van der Waals surface area contributed by atoms with E-state index in [-0.39, 0.29) is 29.8 Å². The van der Waals surface area contributed by atoms with E-state index in [1.54, 1.807) is 72.8 Å². The quantitative estimate of drug-likeness (QED) is 0.403. The predicted octanol–water partition coefficient (Wildman–Crippen LogP) is 5.33. The van der Waals surface area contributed by atoms with Crippen molar-refractivity contribution in [1.82, 2.24) is 0 Å². The SMILES string of the molecule is CC(=O)Nc1ccc(C(=O)COc2c(-c3ccccc3Cl)oc3ccccc3c2=O)cc1. The lowest BCUT2D eigenvalue weighted by Crippen LogP contribution is -2.17. The minimum absolute atomic E-state index is 0.0833. The Bertz CT molecular complexity index is 1380. The van der Waals surface area contributed by atoms with Gasteiger partial charge in [-0.25, -0.2) is 0 Å². The van der Waals surface area contributed by atoms with E-state index in [9.17, 15) is 14.4 Å². The standard InChI is InChI=1S/C25H18ClNO5/c1-15(28)27-17-12-10-16(11-13-17)21(29)14-31-25-23(30)19-7-3-5-9-22(19)32-24(25)18-6-2-4-8-20(18)26/h2-13H,14H2,1H3,(H,27,28). The van der Waals surface area contributed by atoms with Gasteiger partial charge in [-0.15, -0.1) is 0 Å². The van der Waals surface area contributed by atoms with Crippen molar-refractivity contribution in [1.29, 1.82) is 0 Å². The van der Waals surface area contributed by atoms with Crippen LogP contribution in [0, 0.1) is 0 Å². The summed E-state index contributed by atoms with van der Waals surface area (Å²) in [6, 6.07) is 20.1. The van der Waals surface area contributed by atoms with Crippen LogP contribution in [-0.4, -0.2) is 18.3 Å².